The Balaban J connectivity index is 1.77. The fourth-order valence-electron chi connectivity index (χ4n) is 2.13. The van der Waals surface area contributed by atoms with E-state index < -0.39 is 0 Å². The van der Waals surface area contributed by atoms with Crippen LogP contribution in [0.2, 0.25) is 0 Å². The monoisotopic (exact) mass is 268 g/mol. The summed E-state index contributed by atoms with van der Waals surface area (Å²) in [6, 6.07) is 9.92. The van der Waals surface area contributed by atoms with E-state index in [9.17, 15) is 0 Å². The Kier molecular flexibility index (Phi) is 3.50. The molecule has 0 saturated heterocycles. The lowest BCUT2D eigenvalue weighted by molar-refractivity contribution is 0.497. The molecule has 1 atom stereocenters. The van der Waals surface area contributed by atoms with Gasteiger partial charge < -0.3 is 9.73 Å². The summed E-state index contributed by atoms with van der Waals surface area (Å²) >= 11 is 0. The quantitative estimate of drug-likeness (QED) is 0.773. The van der Waals surface area contributed by atoms with E-state index in [0.717, 1.165) is 23.7 Å². The minimum absolute atomic E-state index is 0.236. The van der Waals surface area contributed by atoms with Gasteiger partial charge in [0.15, 0.2) is 5.82 Å². The fourth-order valence-corrected chi connectivity index (χ4v) is 2.13. The maximum absolute atomic E-state index is 5.37. The summed E-state index contributed by atoms with van der Waals surface area (Å²) in [7, 11) is 0. The van der Waals surface area contributed by atoms with Gasteiger partial charge in [-0.2, -0.15) is 5.10 Å². The van der Waals surface area contributed by atoms with Crippen molar-refractivity contribution < 1.29 is 4.42 Å². The van der Waals surface area contributed by atoms with Crippen molar-refractivity contribution in [1.82, 2.24) is 14.8 Å². The van der Waals surface area contributed by atoms with Crippen LogP contribution in [0.4, 0.5) is 5.69 Å². The van der Waals surface area contributed by atoms with E-state index in [1.807, 2.05) is 36.5 Å². The van der Waals surface area contributed by atoms with Crippen molar-refractivity contribution >= 4 is 5.69 Å². The largest absolute Gasteiger partial charge is 0.469 e. The molecule has 0 bridgehead atoms. The second-order valence-electron chi connectivity index (χ2n) is 4.65. The molecule has 3 aromatic heterocycles. The Morgan fingerprint density at radius 3 is 2.95 bits per heavy atom. The molecule has 0 aliphatic heterocycles. The summed E-state index contributed by atoms with van der Waals surface area (Å²) in [5, 5.41) is 7.68. The topological polar surface area (TPSA) is 55.9 Å². The maximum Gasteiger partial charge on any atom is 0.176 e. The van der Waals surface area contributed by atoms with Crippen LogP contribution in [0, 0.1) is 0 Å². The zero-order valence-corrected chi connectivity index (χ0v) is 11.2. The number of nitrogens with zero attached hydrogens (tertiary/aromatic N) is 3. The van der Waals surface area contributed by atoms with Crippen molar-refractivity contribution in [2.24, 2.45) is 0 Å². The van der Waals surface area contributed by atoms with E-state index in [2.05, 4.69) is 22.3 Å². The van der Waals surface area contributed by atoms with Gasteiger partial charge in [-0.1, -0.05) is 0 Å². The SMILES string of the molecule is CC(Cc1ccco1)Nc1cccnc1-n1cccn1. The minimum Gasteiger partial charge on any atom is -0.469 e. The summed E-state index contributed by atoms with van der Waals surface area (Å²) in [5.74, 6) is 1.76. The van der Waals surface area contributed by atoms with Gasteiger partial charge in [0.2, 0.25) is 0 Å². The molecule has 20 heavy (non-hydrogen) atoms. The van der Waals surface area contributed by atoms with Gasteiger partial charge >= 0.3 is 0 Å². The summed E-state index contributed by atoms with van der Waals surface area (Å²) in [4.78, 5) is 4.39. The van der Waals surface area contributed by atoms with Crippen LogP contribution in [0.3, 0.4) is 0 Å². The Bertz CT molecular complexity index is 646. The highest BCUT2D eigenvalue weighted by Gasteiger charge is 2.10. The molecule has 0 amide bonds. The lowest BCUT2D eigenvalue weighted by Crippen LogP contribution is -2.19. The zero-order chi connectivity index (χ0) is 13.8. The molecule has 0 fully saturated rings. The lowest BCUT2D eigenvalue weighted by Gasteiger charge is -2.16. The van der Waals surface area contributed by atoms with Gasteiger partial charge in [0.05, 0.1) is 12.0 Å². The van der Waals surface area contributed by atoms with Crippen LogP contribution in [0.1, 0.15) is 12.7 Å². The third-order valence-electron chi connectivity index (χ3n) is 3.00. The first-order valence-corrected chi connectivity index (χ1v) is 6.57. The average molecular weight is 268 g/mol. The first-order chi connectivity index (χ1) is 9.83. The molecule has 3 aromatic rings. The Morgan fingerprint density at radius 1 is 1.25 bits per heavy atom. The van der Waals surface area contributed by atoms with Crippen molar-refractivity contribution in [3.05, 3.63) is 60.9 Å². The van der Waals surface area contributed by atoms with Crippen molar-refractivity contribution in [1.29, 1.82) is 0 Å². The molecule has 0 spiro atoms. The van der Waals surface area contributed by atoms with Gasteiger partial charge in [-0.15, -0.1) is 0 Å². The van der Waals surface area contributed by atoms with Gasteiger partial charge in [0, 0.05) is 31.1 Å². The average Bonchev–Trinajstić information content (AvgIpc) is 3.11. The lowest BCUT2D eigenvalue weighted by atomic mass is 10.2. The molecule has 1 N–H and O–H groups in total. The molecule has 0 aliphatic rings. The summed E-state index contributed by atoms with van der Waals surface area (Å²) in [6.07, 6.45) is 7.90. The van der Waals surface area contributed by atoms with Crippen LogP contribution in [-0.2, 0) is 6.42 Å². The smallest absolute Gasteiger partial charge is 0.176 e. The number of aromatic nitrogens is 3. The highest BCUT2D eigenvalue weighted by atomic mass is 16.3. The second-order valence-corrected chi connectivity index (χ2v) is 4.65. The summed E-state index contributed by atoms with van der Waals surface area (Å²) < 4.78 is 7.12. The van der Waals surface area contributed by atoms with Crippen molar-refractivity contribution in [2.75, 3.05) is 5.32 Å². The molecule has 3 heterocycles. The first kappa shape index (κ1) is 12.5. The van der Waals surface area contributed by atoms with Gasteiger partial charge in [-0.3, -0.25) is 0 Å². The highest BCUT2D eigenvalue weighted by molar-refractivity contribution is 5.56. The highest BCUT2D eigenvalue weighted by Crippen LogP contribution is 2.18. The number of rotatable bonds is 5. The fraction of sp³-hybridized carbons (Fsp3) is 0.200. The number of furan rings is 1. The van der Waals surface area contributed by atoms with Crippen LogP contribution < -0.4 is 5.32 Å². The molecule has 0 saturated carbocycles. The second kappa shape index (κ2) is 5.61. The molecular formula is C15H16N4O. The minimum atomic E-state index is 0.236. The molecule has 5 nitrogen and oxygen atoms in total. The number of hydrogen-bond acceptors (Lipinski definition) is 4. The molecule has 0 radical (unpaired) electrons. The number of hydrogen-bond donors (Lipinski definition) is 1. The molecular weight excluding hydrogens is 252 g/mol. The predicted octanol–water partition coefficient (Wildman–Crippen LogP) is 2.90. The van der Waals surface area contributed by atoms with E-state index in [-0.39, 0.29) is 6.04 Å². The van der Waals surface area contributed by atoms with Crippen LogP contribution in [0.15, 0.2) is 59.6 Å². The summed E-state index contributed by atoms with van der Waals surface area (Å²) in [5.41, 5.74) is 0.954. The van der Waals surface area contributed by atoms with Crippen molar-refractivity contribution in [3.63, 3.8) is 0 Å². The van der Waals surface area contributed by atoms with E-state index in [1.54, 1.807) is 23.3 Å². The van der Waals surface area contributed by atoms with Gasteiger partial charge in [-0.25, -0.2) is 9.67 Å². The Morgan fingerprint density at radius 2 is 2.20 bits per heavy atom. The van der Waals surface area contributed by atoms with E-state index in [4.69, 9.17) is 4.42 Å². The molecule has 0 aromatic carbocycles. The zero-order valence-electron chi connectivity index (χ0n) is 11.2. The predicted molar refractivity (Wildman–Crippen MR) is 76.9 cm³/mol. The van der Waals surface area contributed by atoms with E-state index >= 15 is 0 Å². The number of pyridine rings is 1. The molecule has 5 heteroatoms. The normalized spacial score (nSPS) is 12.2. The first-order valence-electron chi connectivity index (χ1n) is 6.57. The molecule has 1 unspecified atom stereocenters. The van der Waals surface area contributed by atoms with Crippen LogP contribution in [0.5, 0.6) is 0 Å². The van der Waals surface area contributed by atoms with Crippen LogP contribution in [-0.4, -0.2) is 20.8 Å². The van der Waals surface area contributed by atoms with Crippen molar-refractivity contribution in [2.45, 2.75) is 19.4 Å². The molecule has 0 aliphatic carbocycles. The van der Waals surface area contributed by atoms with Crippen LogP contribution >= 0.6 is 0 Å². The third kappa shape index (κ3) is 2.71. The Labute approximate surface area is 117 Å². The van der Waals surface area contributed by atoms with Crippen molar-refractivity contribution in [3.8, 4) is 5.82 Å². The van der Waals surface area contributed by atoms with Gasteiger partial charge in [-0.05, 0) is 37.3 Å². The van der Waals surface area contributed by atoms with E-state index in [0.29, 0.717) is 0 Å². The maximum atomic E-state index is 5.37. The number of nitrogens with one attached hydrogen (secondary N) is 1. The van der Waals surface area contributed by atoms with Gasteiger partial charge in [0.1, 0.15) is 5.76 Å². The van der Waals surface area contributed by atoms with Crippen LogP contribution in [0.25, 0.3) is 5.82 Å². The Hall–Kier alpha value is -2.56. The summed E-state index contributed by atoms with van der Waals surface area (Å²) in [6.45, 7) is 2.11. The van der Waals surface area contributed by atoms with E-state index in [1.165, 1.54) is 0 Å². The number of anilines is 1. The molecule has 3 rings (SSSR count). The van der Waals surface area contributed by atoms with Gasteiger partial charge in [0.25, 0.3) is 0 Å². The third-order valence-corrected chi connectivity index (χ3v) is 3.00. The molecule has 102 valence electrons. The standard InChI is InChI=1S/C15H16N4O/c1-12(11-13-5-3-10-20-13)18-14-6-2-7-16-15(14)19-9-4-8-17-19/h2-10,12,18H,11H2,1H3.